The lowest BCUT2D eigenvalue weighted by Crippen LogP contribution is -2.01. The fourth-order valence-corrected chi connectivity index (χ4v) is 3.97. The number of hydrogen-bond donors (Lipinski definition) is 2. The first-order valence-corrected chi connectivity index (χ1v) is 11.0. The molecule has 142 valence electrons. The van der Waals surface area contributed by atoms with Crippen LogP contribution in [0.25, 0.3) is 11.4 Å². The van der Waals surface area contributed by atoms with Gasteiger partial charge >= 0.3 is 13.8 Å². The van der Waals surface area contributed by atoms with Crippen molar-refractivity contribution in [3.8, 4) is 17.1 Å². The molecule has 0 spiro atoms. The number of hydrogen-bond acceptors (Lipinski definition) is 5. The van der Waals surface area contributed by atoms with Gasteiger partial charge in [0.15, 0.2) is 5.82 Å². The molecule has 2 aromatic carbocycles. The lowest BCUT2D eigenvalue weighted by molar-refractivity contribution is 0.188. The average Bonchev–Trinajstić information content (AvgIpc) is 3.11. The molecule has 0 saturated carbocycles. The molecule has 6 nitrogen and oxygen atoms in total. The maximum Gasteiger partial charge on any atom is 0.442 e. The van der Waals surface area contributed by atoms with Crippen LogP contribution < -0.4 is 4.52 Å². The number of H-pyrrole nitrogens is 1. The molecular weight excluding hydrogens is 463 g/mol. The number of nitrogens with one attached hydrogen (secondary N) is 1. The van der Waals surface area contributed by atoms with Crippen molar-refractivity contribution in [1.29, 1.82) is 0 Å². The molecule has 1 atom stereocenters. The van der Waals surface area contributed by atoms with Gasteiger partial charge in [0.2, 0.25) is 5.16 Å². The van der Waals surface area contributed by atoms with Crippen LogP contribution in [-0.2, 0) is 10.3 Å². The number of halogens is 3. The summed E-state index contributed by atoms with van der Waals surface area (Å²) in [6.07, 6.45) is -3.47. The number of aromatic nitrogens is 3. The summed E-state index contributed by atoms with van der Waals surface area (Å²) in [5, 5.41) is 7.58. The zero-order valence-corrected chi connectivity index (χ0v) is 16.8. The molecule has 3 rings (SSSR count). The van der Waals surface area contributed by atoms with E-state index in [9.17, 15) is 13.3 Å². The van der Waals surface area contributed by atoms with Gasteiger partial charge in [-0.3, -0.25) is 5.10 Å². The molecule has 0 aliphatic rings. The topological polar surface area (TPSA) is 88.1 Å². The van der Waals surface area contributed by atoms with E-state index in [1.165, 1.54) is 17.8 Å². The Morgan fingerprint density at radius 2 is 2.00 bits per heavy atom. The number of benzene rings is 2. The summed E-state index contributed by atoms with van der Waals surface area (Å²) in [5.41, 5.74) is 1.75. The third-order valence-electron chi connectivity index (χ3n) is 3.35. The van der Waals surface area contributed by atoms with E-state index in [-0.39, 0.29) is 5.75 Å². The van der Waals surface area contributed by atoms with Gasteiger partial charge in [-0.25, -0.2) is 9.55 Å². The second-order valence-electron chi connectivity index (χ2n) is 5.32. The summed E-state index contributed by atoms with van der Waals surface area (Å²) in [5.74, 6) is 1.05. The molecule has 27 heavy (non-hydrogen) atoms. The highest BCUT2D eigenvalue weighted by Gasteiger charge is 2.34. The number of thioether (sulfide) groups is 1. The largest absolute Gasteiger partial charge is 0.442 e. The van der Waals surface area contributed by atoms with E-state index in [2.05, 4.69) is 35.6 Å². The van der Waals surface area contributed by atoms with Crippen LogP contribution >= 0.6 is 35.3 Å². The van der Waals surface area contributed by atoms with E-state index in [1.807, 2.05) is 30.3 Å². The summed E-state index contributed by atoms with van der Waals surface area (Å²) in [7, 11) is -5.01. The van der Waals surface area contributed by atoms with E-state index in [4.69, 9.17) is 4.89 Å². The highest BCUT2D eigenvalue weighted by atomic mass is 79.9. The monoisotopic (exact) mass is 475 g/mol. The number of rotatable bonds is 7. The number of alkyl halides is 2. The van der Waals surface area contributed by atoms with Crippen LogP contribution in [0, 0.1) is 0 Å². The van der Waals surface area contributed by atoms with Gasteiger partial charge in [-0.2, -0.15) is 8.78 Å². The molecule has 3 aromatic rings. The van der Waals surface area contributed by atoms with Gasteiger partial charge in [0.05, 0.1) is 4.47 Å². The smallest absolute Gasteiger partial charge is 0.420 e. The number of aromatic amines is 1. The molecule has 0 radical (unpaired) electrons. The van der Waals surface area contributed by atoms with Crippen molar-refractivity contribution in [2.24, 2.45) is 0 Å². The van der Waals surface area contributed by atoms with Crippen LogP contribution in [0.5, 0.6) is 5.75 Å². The van der Waals surface area contributed by atoms with Crippen LogP contribution in [0.3, 0.4) is 0 Å². The minimum absolute atomic E-state index is 0.126. The Hall–Kier alpha value is -1.74. The van der Waals surface area contributed by atoms with Crippen LogP contribution in [0.15, 0.2) is 58.2 Å². The van der Waals surface area contributed by atoms with Crippen molar-refractivity contribution in [2.75, 3.05) is 0 Å². The number of nitrogens with zero attached hydrogens (tertiary/aromatic N) is 2. The maximum absolute atomic E-state index is 12.5. The van der Waals surface area contributed by atoms with Crippen molar-refractivity contribution in [1.82, 2.24) is 15.2 Å². The standard InChI is InChI=1S/C16H13BrF2N3O3PS/c17-12-8-10(6-7-13(12)25-26(23,24)15(18)19)9-27-16-20-14(21-22-16)11-4-2-1-3-5-11/h1-8,15H,9H2,(H,23,24)(H,20,21,22). The molecule has 0 fully saturated rings. The summed E-state index contributed by atoms with van der Waals surface area (Å²) in [4.78, 5) is 13.5. The molecule has 0 bridgehead atoms. The summed E-state index contributed by atoms with van der Waals surface area (Å²) >= 11 is 4.54. The summed E-state index contributed by atoms with van der Waals surface area (Å²) < 4.78 is 41.1. The lowest BCUT2D eigenvalue weighted by Gasteiger charge is -2.14. The van der Waals surface area contributed by atoms with Gasteiger partial charge < -0.3 is 9.42 Å². The van der Waals surface area contributed by atoms with Crippen molar-refractivity contribution >= 4 is 35.3 Å². The van der Waals surface area contributed by atoms with Gasteiger partial charge in [-0.05, 0) is 33.6 Å². The Labute approximate surface area is 166 Å². The fourth-order valence-electron chi connectivity index (χ4n) is 2.07. The predicted octanol–water partition coefficient (Wildman–Crippen LogP) is 5.31. The highest BCUT2D eigenvalue weighted by Crippen LogP contribution is 2.50. The Morgan fingerprint density at radius 3 is 2.67 bits per heavy atom. The van der Waals surface area contributed by atoms with E-state index in [1.54, 1.807) is 12.1 Å². The fraction of sp³-hybridized carbons (Fsp3) is 0.125. The van der Waals surface area contributed by atoms with Crippen LogP contribution in [0.2, 0.25) is 0 Å². The van der Waals surface area contributed by atoms with Crippen molar-refractivity contribution in [3.05, 3.63) is 58.6 Å². The molecule has 0 amide bonds. The van der Waals surface area contributed by atoms with Gasteiger partial charge in [-0.1, -0.05) is 48.2 Å². The van der Waals surface area contributed by atoms with Crippen LogP contribution in [0.4, 0.5) is 8.78 Å². The molecule has 2 N–H and O–H groups in total. The minimum atomic E-state index is -5.01. The van der Waals surface area contributed by atoms with Gasteiger partial charge in [0.1, 0.15) is 5.75 Å². The average molecular weight is 476 g/mol. The van der Waals surface area contributed by atoms with Gasteiger partial charge in [-0.15, -0.1) is 5.10 Å². The molecule has 1 heterocycles. The second kappa shape index (κ2) is 8.52. The van der Waals surface area contributed by atoms with Gasteiger partial charge in [0, 0.05) is 11.3 Å². The van der Waals surface area contributed by atoms with Gasteiger partial charge in [0.25, 0.3) is 0 Å². The molecule has 11 heteroatoms. The third kappa shape index (κ3) is 5.16. The first kappa shape index (κ1) is 20.0. The van der Waals surface area contributed by atoms with Crippen molar-refractivity contribution in [3.63, 3.8) is 0 Å². The molecular formula is C16H13BrF2N3O3PS. The van der Waals surface area contributed by atoms with E-state index in [0.717, 1.165) is 11.1 Å². The third-order valence-corrected chi connectivity index (χ3v) is 5.84. The van der Waals surface area contributed by atoms with Crippen LogP contribution in [0.1, 0.15) is 5.56 Å². The van der Waals surface area contributed by atoms with E-state index in [0.29, 0.717) is 21.2 Å². The van der Waals surface area contributed by atoms with E-state index < -0.39 is 13.8 Å². The maximum atomic E-state index is 12.5. The predicted molar refractivity (Wildman–Crippen MR) is 102 cm³/mol. The van der Waals surface area contributed by atoms with E-state index >= 15 is 0 Å². The normalized spacial score (nSPS) is 13.5. The molecule has 1 unspecified atom stereocenters. The SMILES string of the molecule is O=P(O)(Oc1ccc(CSc2n[nH]c(-c3ccccc3)n2)cc1Br)C(F)F. The van der Waals surface area contributed by atoms with Crippen LogP contribution in [-0.4, -0.2) is 26.2 Å². The Balaban J connectivity index is 1.65. The first-order valence-electron chi connectivity index (χ1n) is 7.54. The quantitative estimate of drug-likeness (QED) is 0.355. The summed E-state index contributed by atoms with van der Waals surface area (Å²) in [6, 6.07) is 14.2. The Bertz CT molecular complexity index is 975. The molecule has 0 saturated heterocycles. The summed E-state index contributed by atoms with van der Waals surface area (Å²) in [6.45, 7) is 0. The Morgan fingerprint density at radius 1 is 1.26 bits per heavy atom. The second-order valence-corrected chi connectivity index (χ2v) is 8.82. The lowest BCUT2D eigenvalue weighted by atomic mass is 10.2. The van der Waals surface area contributed by atoms with Crippen molar-refractivity contribution in [2.45, 2.75) is 17.1 Å². The zero-order chi connectivity index (χ0) is 19.4. The Kier molecular flexibility index (Phi) is 6.31. The minimum Gasteiger partial charge on any atom is -0.420 e. The van der Waals surface area contributed by atoms with Crippen molar-refractivity contribution < 1.29 is 22.8 Å². The first-order chi connectivity index (χ1) is 12.8. The molecule has 0 aliphatic carbocycles. The molecule has 1 aromatic heterocycles. The molecule has 0 aliphatic heterocycles. The highest BCUT2D eigenvalue weighted by molar-refractivity contribution is 9.10. The zero-order valence-electron chi connectivity index (χ0n) is 13.6.